The predicted molar refractivity (Wildman–Crippen MR) is 155 cm³/mol. The van der Waals surface area contributed by atoms with Crippen molar-refractivity contribution in [2.45, 2.75) is 96.6 Å². The molecule has 1 heterocycles. The standard InChI is InChI=1S/C31H46N2O4S/c1-4-5-6-7-11-16-30(34)33(26-13-9-8-10-14-26)24-31(35)32(23-27-15-12-21-38-27)20-19-25-17-18-28(36-2)29(22-25)37-3/h12,15,17-18,21-22,26H,4-11,13-14,16,19-20,23-24H2,1-3H3. The van der Waals surface area contributed by atoms with E-state index in [0.717, 1.165) is 49.0 Å². The van der Waals surface area contributed by atoms with E-state index in [1.165, 1.54) is 25.7 Å². The van der Waals surface area contributed by atoms with E-state index >= 15 is 0 Å². The number of methoxy groups -OCH3 is 2. The monoisotopic (exact) mass is 542 g/mol. The maximum Gasteiger partial charge on any atom is 0.242 e. The van der Waals surface area contributed by atoms with Gasteiger partial charge in [0.1, 0.15) is 6.54 Å². The molecule has 1 fully saturated rings. The van der Waals surface area contributed by atoms with Gasteiger partial charge >= 0.3 is 0 Å². The summed E-state index contributed by atoms with van der Waals surface area (Å²) in [5.41, 5.74) is 1.08. The molecule has 1 saturated carbocycles. The zero-order valence-corrected chi connectivity index (χ0v) is 24.4. The predicted octanol–water partition coefficient (Wildman–Crippen LogP) is 6.86. The first-order valence-electron chi connectivity index (χ1n) is 14.4. The Labute approximate surface area is 233 Å². The fourth-order valence-corrected chi connectivity index (χ4v) is 5.98. The van der Waals surface area contributed by atoms with Crippen LogP contribution in [0.1, 0.15) is 88.0 Å². The van der Waals surface area contributed by atoms with Gasteiger partial charge in [0, 0.05) is 23.9 Å². The van der Waals surface area contributed by atoms with Crippen molar-refractivity contribution in [1.82, 2.24) is 9.80 Å². The van der Waals surface area contributed by atoms with Gasteiger partial charge in [-0.05, 0) is 54.8 Å². The van der Waals surface area contributed by atoms with E-state index < -0.39 is 0 Å². The van der Waals surface area contributed by atoms with E-state index in [0.29, 0.717) is 37.4 Å². The lowest BCUT2D eigenvalue weighted by molar-refractivity contribution is -0.143. The number of nitrogens with zero attached hydrogens (tertiary/aromatic N) is 2. The van der Waals surface area contributed by atoms with E-state index in [1.807, 2.05) is 39.4 Å². The van der Waals surface area contributed by atoms with Crippen LogP contribution in [-0.2, 0) is 22.6 Å². The molecule has 38 heavy (non-hydrogen) atoms. The van der Waals surface area contributed by atoms with Gasteiger partial charge in [-0.3, -0.25) is 9.59 Å². The number of rotatable bonds is 16. The van der Waals surface area contributed by atoms with Crippen LogP contribution in [0.4, 0.5) is 0 Å². The Morgan fingerprint density at radius 1 is 0.947 bits per heavy atom. The van der Waals surface area contributed by atoms with E-state index in [-0.39, 0.29) is 24.4 Å². The van der Waals surface area contributed by atoms with Gasteiger partial charge in [0.25, 0.3) is 0 Å². The molecule has 1 aliphatic rings. The second kappa shape index (κ2) is 16.4. The lowest BCUT2D eigenvalue weighted by Crippen LogP contribution is -2.48. The molecule has 0 N–H and O–H groups in total. The van der Waals surface area contributed by atoms with Crippen molar-refractivity contribution in [2.75, 3.05) is 27.3 Å². The molecule has 1 aromatic heterocycles. The van der Waals surface area contributed by atoms with Crippen LogP contribution in [0.2, 0.25) is 0 Å². The molecule has 1 aromatic carbocycles. The molecule has 2 aromatic rings. The highest BCUT2D eigenvalue weighted by Crippen LogP contribution is 2.28. The quantitative estimate of drug-likeness (QED) is 0.218. The van der Waals surface area contributed by atoms with E-state index in [1.54, 1.807) is 25.6 Å². The topological polar surface area (TPSA) is 59.1 Å². The van der Waals surface area contributed by atoms with Crippen LogP contribution < -0.4 is 9.47 Å². The van der Waals surface area contributed by atoms with Gasteiger partial charge in [-0.2, -0.15) is 0 Å². The summed E-state index contributed by atoms with van der Waals surface area (Å²) >= 11 is 1.66. The fraction of sp³-hybridized carbons (Fsp3) is 0.613. The number of hydrogen-bond donors (Lipinski definition) is 0. The van der Waals surface area contributed by atoms with E-state index in [9.17, 15) is 9.59 Å². The number of amides is 2. The summed E-state index contributed by atoms with van der Waals surface area (Å²) in [6.45, 7) is 3.52. The van der Waals surface area contributed by atoms with Crippen molar-refractivity contribution < 1.29 is 19.1 Å². The number of carbonyl (C=O) groups is 2. The molecule has 1 aliphatic carbocycles. The minimum atomic E-state index is 0.0313. The number of unbranched alkanes of at least 4 members (excludes halogenated alkanes) is 4. The molecular weight excluding hydrogens is 496 g/mol. The largest absolute Gasteiger partial charge is 0.493 e. The first-order chi connectivity index (χ1) is 18.5. The Morgan fingerprint density at radius 3 is 2.39 bits per heavy atom. The fourth-order valence-electron chi connectivity index (χ4n) is 5.27. The van der Waals surface area contributed by atoms with Crippen molar-refractivity contribution in [3.8, 4) is 11.5 Å². The Balaban J connectivity index is 1.70. The zero-order chi connectivity index (χ0) is 27.2. The molecule has 2 amide bonds. The number of thiophene rings is 1. The Bertz CT molecular complexity index is 972. The molecular formula is C31H46N2O4S. The third-order valence-electron chi connectivity index (χ3n) is 7.53. The minimum Gasteiger partial charge on any atom is -0.493 e. The highest BCUT2D eigenvalue weighted by Gasteiger charge is 2.29. The van der Waals surface area contributed by atoms with Gasteiger partial charge in [-0.15, -0.1) is 11.3 Å². The number of carbonyl (C=O) groups excluding carboxylic acids is 2. The summed E-state index contributed by atoms with van der Waals surface area (Å²) in [6, 6.07) is 10.2. The van der Waals surface area contributed by atoms with Crippen LogP contribution in [-0.4, -0.2) is 55.0 Å². The van der Waals surface area contributed by atoms with Crippen molar-refractivity contribution in [3.63, 3.8) is 0 Å². The lowest BCUT2D eigenvalue weighted by Gasteiger charge is -2.35. The van der Waals surface area contributed by atoms with Crippen LogP contribution in [0.3, 0.4) is 0 Å². The smallest absolute Gasteiger partial charge is 0.242 e. The summed E-state index contributed by atoms with van der Waals surface area (Å²) in [4.78, 5) is 32.2. The van der Waals surface area contributed by atoms with Gasteiger partial charge < -0.3 is 19.3 Å². The third kappa shape index (κ3) is 9.33. The molecule has 0 spiro atoms. The maximum atomic E-state index is 13.8. The summed E-state index contributed by atoms with van der Waals surface area (Å²) in [5, 5.41) is 2.04. The Kier molecular flexibility index (Phi) is 13.0. The third-order valence-corrected chi connectivity index (χ3v) is 8.39. The van der Waals surface area contributed by atoms with E-state index in [4.69, 9.17) is 9.47 Å². The maximum absolute atomic E-state index is 13.8. The van der Waals surface area contributed by atoms with E-state index in [2.05, 4.69) is 13.0 Å². The van der Waals surface area contributed by atoms with Crippen molar-refractivity contribution in [3.05, 3.63) is 46.2 Å². The molecule has 0 aliphatic heterocycles. The summed E-state index contributed by atoms with van der Waals surface area (Å²) in [5.74, 6) is 1.56. The highest BCUT2D eigenvalue weighted by atomic mass is 32.1. The molecule has 7 heteroatoms. The molecule has 3 rings (SSSR count). The molecule has 0 unspecified atom stereocenters. The van der Waals surface area contributed by atoms with Crippen LogP contribution in [0, 0.1) is 0 Å². The van der Waals surface area contributed by atoms with Gasteiger partial charge in [-0.25, -0.2) is 0 Å². The second-order valence-electron chi connectivity index (χ2n) is 10.3. The number of hydrogen-bond acceptors (Lipinski definition) is 5. The Hall–Kier alpha value is -2.54. The average Bonchev–Trinajstić information content (AvgIpc) is 3.47. The number of benzene rings is 1. The van der Waals surface area contributed by atoms with Gasteiger partial charge in [0.15, 0.2) is 11.5 Å². The summed E-state index contributed by atoms with van der Waals surface area (Å²) in [6.07, 6.45) is 12.3. The molecule has 210 valence electrons. The van der Waals surface area contributed by atoms with Crippen LogP contribution in [0.25, 0.3) is 0 Å². The minimum absolute atomic E-state index is 0.0313. The van der Waals surface area contributed by atoms with Gasteiger partial charge in [0.2, 0.25) is 11.8 Å². The molecule has 6 nitrogen and oxygen atoms in total. The number of ether oxygens (including phenoxy) is 2. The Morgan fingerprint density at radius 2 is 1.71 bits per heavy atom. The van der Waals surface area contributed by atoms with Crippen molar-refractivity contribution >= 4 is 23.2 Å². The normalized spacial score (nSPS) is 13.8. The van der Waals surface area contributed by atoms with Crippen LogP contribution >= 0.6 is 11.3 Å². The second-order valence-corrected chi connectivity index (χ2v) is 11.3. The zero-order valence-electron chi connectivity index (χ0n) is 23.6. The first-order valence-corrected chi connectivity index (χ1v) is 15.2. The molecule has 0 radical (unpaired) electrons. The average molecular weight is 543 g/mol. The first kappa shape index (κ1) is 30.0. The summed E-state index contributed by atoms with van der Waals surface area (Å²) in [7, 11) is 3.26. The molecule has 0 saturated heterocycles. The van der Waals surface area contributed by atoms with Crippen LogP contribution in [0.5, 0.6) is 11.5 Å². The molecule has 0 atom stereocenters. The van der Waals surface area contributed by atoms with Crippen LogP contribution in [0.15, 0.2) is 35.7 Å². The highest BCUT2D eigenvalue weighted by molar-refractivity contribution is 7.09. The van der Waals surface area contributed by atoms with Gasteiger partial charge in [0.05, 0.1) is 20.8 Å². The van der Waals surface area contributed by atoms with Crippen molar-refractivity contribution in [1.29, 1.82) is 0 Å². The van der Waals surface area contributed by atoms with Crippen molar-refractivity contribution in [2.24, 2.45) is 0 Å². The summed E-state index contributed by atoms with van der Waals surface area (Å²) < 4.78 is 10.8. The molecule has 0 bridgehead atoms. The lowest BCUT2D eigenvalue weighted by atomic mass is 9.93. The van der Waals surface area contributed by atoms with Gasteiger partial charge in [-0.1, -0.05) is 64.0 Å². The SMILES string of the molecule is CCCCCCCC(=O)N(CC(=O)N(CCc1ccc(OC)c(OC)c1)Cc1cccs1)C1CCCCC1.